The Balaban J connectivity index is 1.65. The largest absolute Gasteiger partial charge is 0.0850 e. The van der Waals surface area contributed by atoms with Crippen LogP contribution in [-0.4, -0.2) is 0 Å². The Labute approximate surface area is 158 Å². The minimum Gasteiger partial charge on any atom is -0.0850 e. The van der Waals surface area contributed by atoms with Crippen LogP contribution in [0.25, 0.3) is 11.1 Å². The molecule has 0 aromatic heterocycles. The van der Waals surface area contributed by atoms with E-state index >= 15 is 0 Å². The van der Waals surface area contributed by atoms with Crippen LogP contribution >= 0.6 is 0 Å². The second-order valence-electron chi connectivity index (χ2n) is 7.88. The summed E-state index contributed by atoms with van der Waals surface area (Å²) >= 11 is 0. The van der Waals surface area contributed by atoms with Crippen molar-refractivity contribution >= 4 is 0 Å². The molecule has 0 spiro atoms. The Morgan fingerprint density at radius 1 is 0.538 bits per heavy atom. The third-order valence-electron chi connectivity index (χ3n) is 5.93. The van der Waals surface area contributed by atoms with Gasteiger partial charge in [0.05, 0.1) is 0 Å². The Hall–Kier alpha value is -2.08. The SMILES string of the molecule is C1=C(Cc2ccccc2-c2ccccc2CC2=CCCCC2)CCCC1. The molecule has 0 heterocycles. The van der Waals surface area contributed by atoms with Gasteiger partial charge in [0, 0.05) is 0 Å². The first-order valence-corrected chi connectivity index (χ1v) is 10.4. The van der Waals surface area contributed by atoms with Crippen molar-refractivity contribution in [2.75, 3.05) is 0 Å². The molecule has 2 aliphatic carbocycles. The maximum Gasteiger partial charge on any atom is -0.00610 e. The molecule has 0 amide bonds. The van der Waals surface area contributed by atoms with Gasteiger partial charge < -0.3 is 0 Å². The molecule has 134 valence electrons. The van der Waals surface area contributed by atoms with Gasteiger partial charge in [-0.2, -0.15) is 0 Å². The molecule has 2 aromatic rings. The summed E-state index contributed by atoms with van der Waals surface area (Å²) in [6, 6.07) is 18.1. The molecule has 0 unspecified atom stereocenters. The van der Waals surface area contributed by atoms with E-state index in [1.54, 1.807) is 11.1 Å². The fourth-order valence-corrected chi connectivity index (χ4v) is 4.49. The summed E-state index contributed by atoms with van der Waals surface area (Å²) in [5.41, 5.74) is 9.13. The molecule has 4 rings (SSSR count). The van der Waals surface area contributed by atoms with Crippen LogP contribution in [0, 0.1) is 0 Å². The Bertz CT molecular complexity index is 737. The van der Waals surface area contributed by atoms with Gasteiger partial charge in [-0.1, -0.05) is 71.8 Å². The first-order chi connectivity index (χ1) is 12.9. The fraction of sp³-hybridized carbons (Fsp3) is 0.385. The van der Waals surface area contributed by atoms with Gasteiger partial charge in [0.1, 0.15) is 0 Å². The predicted molar refractivity (Wildman–Crippen MR) is 112 cm³/mol. The topological polar surface area (TPSA) is 0 Å². The van der Waals surface area contributed by atoms with Gasteiger partial charge in [-0.05, 0) is 86.5 Å². The second-order valence-corrected chi connectivity index (χ2v) is 7.88. The van der Waals surface area contributed by atoms with Crippen LogP contribution in [0.4, 0.5) is 0 Å². The van der Waals surface area contributed by atoms with Crippen molar-refractivity contribution in [2.45, 2.75) is 64.2 Å². The number of hydrogen-bond acceptors (Lipinski definition) is 0. The molecule has 0 nitrogen and oxygen atoms in total. The van der Waals surface area contributed by atoms with E-state index in [2.05, 4.69) is 60.7 Å². The number of rotatable bonds is 5. The van der Waals surface area contributed by atoms with E-state index in [1.165, 1.54) is 73.6 Å². The molecule has 0 radical (unpaired) electrons. The van der Waals surface area contributed by atoms with Crippen molar-refractivity contribution in [3.63, 3.8) is 0 Å². The van der Waals surface area contributed by atoms with Gasteiger partial charge in [0.15, 0.2) is 0 Å². The van der Waals surface area contributed by atoms with E-state index < -0.39 is 0 Å². The van der Waals surface area contributed by atoms with Crippen LogP contribution in [0.3, 0.4) is 0 Å². The van der Waals surface area contributed by atoms with E-state index in [9.17, 15) is 0 Å². The maximum atomic E-state index is 2.49. The van der Waals surface area contributed by atoms with Crippen LogP contribution < -0.4 is 0 Å². The summed E-state index contributed by atoms with van der Waals surface area (Å²) in [5.74, 6) is 0. The molecule has 0 saturated heterocycles. The normalized spacial score (nSPS) is 17.5. The van der Waals surface area contributed by atoms with Crippen LogP contribution in [0.1, 0.15) is 62.5 Å². The molecule has 0 atom stereocenters. The number of benzene rings is 2. The van der Waals surface area contributed by atoms with Crippen LogP contribution in [-0.2, 0) is 12.8 Å². The van der Waals surface area contributed by atoms with Crippen molar-refractivity contribution in [3.05, 3.63) is 83.0 Å². The minimum absolute atomic E-state index is 1.12. The van der Waals surface area contributed by atoms with Crippen molar-refractivity contribution < 1.29 is 0 Å². The summed E-state index contributed by atoms with van der Waals surface area (Å²) in [6.07, 6.45) is 17.7. The van der Waals surface area contributed by atoms with Gasteiger partial charge in [-0.3, -0.25) is 0 Å². The lowest BCUT2D eigenvalue weighted by Crippen LogP contribution is -2.01. The van der Waals surface area contributed by atoms with Gasteiger partial charge in [0.25, 0.3) is 0 Å². The zero-order valence-corrected chi connectivity index (χ0v) is 15.8. The van der Waals surface area contributed by atoms with Gasteiger partial charge >= 0.3 is 0 Å². The Morgan fingerprint density at radius 2 is 1.00 bits per heavy atom. The standard InChI is InChI=1S/C26H30/c1-3-11-21(12-4-1)19-23-15-7-9-17-25(23)26-18-10-8-16-24(26)20-22-13-5-2-6-14-22/h7-11,13,15-18H,1-6,12,14,19-20H2. The van der Waals surface area contributed by atoms with Crippen molar-refractivity contribution in [3.8, 4) is 11.1 Å². The maximum absolute atomic E-state index is 2.49. The van der Waals surface area contributed by atoms with Crippen LogP contribution in [0.2, 0.25) is 0 Å². The molecular formula is C26H30. The van der Waals surface area contributed by atoms with E-state index in [0.717, 1.165) is 12.8 Å². The lowest BCUT2D eigenvalue weighted by Gasteiger charge is -2.19. The first kappa shape index (κ1) is 17.3. The highest BCUT2D eigenvalue weighted by Crippen LogP contribution is 2.32. The predicted octanol–water partition coefficient (Wildman–Crippen LogP) is 7.44. The third kappa shape index (κ3) is 4.18. The summed E-state index contributed by atoms with van der Waals surface area (Å²) in [6.45, 7) is 0. The summed E-state index contributed by atoms with van der Waals surface area (Å²) in [5, 5.41) is 0. The van der Waals surface area contributed by atoms with E-state index in [4.69, 9.17) is 0 Å². The quantitative estimate of drug-likeness (QED) is 0.495. The number of hydrogen-bond donors (Lipinski definition) is 0. The summed E-state index contributed by atoms with van der Waals surface area (Å²) in [4.78, 5) is 0. The highest BCUT2D eigenvalue weighted by molar-refractivity contribution is 5.71. The van der Waals surface area contributed by atoms with E-state index in [0.29, 0.717) is 0 Å². The average molecular weight is 343 g/mol. The molecule has 0 aliphatic heterocycles. The van der Waals surface area contributed by atoms with Gasteiger partial charge in [-0.25, -0.2) is 0 Å². The first-order valence-electron chi connectivity index (χ1n) is 10.4. The average Bonchev–Trinajstić information content (AvgIpc) is 2.71. The smallest absolute Gasteiger partial charge is 0.00610 e. The van der Waals surface area contributed by atoms with Crippen LogP contribution in [0.5, 0.6) is 0 Å². The molecule has 2 aromatic carbocycles. The Morgan fingerprint density at radius 3 is 1.42 bits per heavy atom. The van der Waals surface area contributed by atoms with Crippen molar-refractivity contribution in [1.82, 2.24) is 0 Å². The fourth-order valence-electron chi connectivity index (χ4n) is 4.49. The lowest BCUT2D eigenvalue weighted by molar-refractivity contribution is 0.688. The molecule has 2 aliphatic rings. The minimum atomic E-state index is 1.12. The zero-order valence-electron chi connectivity index (χ0n) is 15.8. The summed E-state index contributed by atoms with van der Waals surface area (Å²) in [7, 11) is 0. The molecule has 0 heteroatoms. The van der Waals surface area contributed by atoms with Gasteiger partial charge in [-0.15, -0.1) is 0 Å². The molecule has 0 bridgehead atoms. The van der Waals surface area contributed by atoms with Crippen molar-refractivity contribution in [1.29, 1.82) is 0 Å². The van der Waals surface area contributed by atoms with Crippen molar-refractivity contribution in [2.24, 2.45) is 0 Å². The van der Waals surface area contributed by atoms with E-state index in [1.807, 2.05) is 0 Å². The highest BCUT2D eigenvalue weighted by atomic mass is 14.2. The monoisotopic (exact) mass is 342 g/mol. The molecule has 0 saturated carbocycles. The summed E-state index contributed by atoms with van der Waals surface area (Å²) < 4.78 is 0. The molecular weight excluding hydrogens is 312 g/mol. The van der Waals surface area contributed by atoms with Crippen LogP contribution in [0.15, 0.2) is 71.8 Å². The Kier molecular flexibility index (Phi) is 5.69. The molecule has 0 fully saturated rings. The van der Waals surface area contributed by atoms with E-state index in [-0.39, 0.29) is 0 Å². The van der Waals surface area contributed by atoms with Gasteiger partial charge in [0.2, 0.25) is 0 Å². The third-order valence-corrected chi connectivity index (χ3v) is 5.93. The molecule has 0 N–H and O–H groups in total. The second kappa shape index (κ2) is 8.54. The zero-order chi connectivity index (χ0) is 17.6. The molecule has 26 heavy (non-hydrogen) atoms. The number of allylic oxidation sites excluding steroid dienone is 4. The highest BCUT2D eigenvalue weighted by Gasteiger charge is 2.13. The lowest BCUT2D eigenvalue weighted by atomic mass is 9.86.